The van der Waals surface area contributed by atoms with Crippen molar-refractivity contribution in [1.82, 2.24) is 9.80 Å². The molecular weight excluding hydrogens is 388 g/mol. The summed E-state index contributed by atoms with van der Waals surface area (Å²) in [6.07, 6.45) is 1.68. The highest BCUT2D eigenvalue weighted by atomic mass is 32.2. The smallest absolute Gasteiger partial charge is 0.270 e. The minimum Gasteiger partial charge on any atom is -0.286 e. The molecule has 1 aliphatic heterocycles. The Labute approximate surface area is 173 Å². The van der Waals surface area contributed by atoms with Crippen LogP contribution in [0.4, 0.5) is 11.4 Å². The Balaban J connectivity index is 1.96. The zero-order valence-corrected chi connectivity index (χ0v) is 17.1. The fourth-order valence-corrected chi connectivity index (χ4v) is 3.82. The lowest BCUT2D eigenvalue weighted by molar-refractivity contribution is -0.384. The molecule has 0 radical (unpaired) electrons. The molecule has 1 aliphatic rings. The average molecular weight is 410 g/mol. The normalized spacial score (nSPS) is 16.9. The van der Waals surface area contributed by atoms with E-state index in [-0.39, 0.29) is 11.6 Å². The van der Waals surface area contributed by atoms with Crippen molar-refractivity contribution in [2.24, 2.45) is 4.99 Å². The standard InChI is InChI=1S/C21H22N4O3S/c1-3-23(4-2)15-24-20(26)19(14-16-9-8-12-18(13-16)25(27)28)29-21(24)22-17-10-6-5-7-11-17/h5-14H,3-4,15H2,1-2H3/b19-14-,22-21?. The third kappa shape index (κ3) is 5.10. The second-order valence-corrected chi connectivity index (χ2v) is 7.38. The highest BCUT2D eigenvalue weighted by Crippen LogP contribution is 2.34. The average Bonchev–Trinajstić information content (AvgIpc) is 3.01. The molecule has 7 nitrogen and oxygen atoms in total. The van der Waals surface area contributed by atoms with Gasteiger partial charge in [-0.25, -0.2) is 4.99 Å². The number of nitro groups is 1. The molecule has 150 valence electrons. The quantitative estimate of drug-likeness (QED) is 0.381. The molecule has 1 heterocycles. The Morgan fingerprint density at radius 1 is 1.14 bits per heavy atom. The van der Waals surface area contributed by atoms with Gasteiger partial charge in [-0.2, -0.15) is 0 Å². The van der Waals surface area contributed by atoms with Crippen LogP contribution in [-0.4, -0.2) is 45.6 Å². The lowest BCUT2D eigenvalue weighted by Crippen LogP contribution is -2.40. The van der Waals surface area contributed by atoms with E-state index in [4.69, 9.17) is 0 Å². The van der Waals surface area contributed by atoms with Gasteiger partial charge in [-0.05, 0) is 48.6 Å². The number of hydrogen-bond donors (Lipinski definition) is 0. The SMILES string of the molecule is CCN(CC)CN1C(=O)/C(=C/c2cccc([N+](=O)[O-])c2)SC1=Nc1ccccc1. The van der Waals surface area contributed by atoms with Crippen molar-refractivity contribution >= 4 is 40.3 Å². The number of hydrogen-bond acceptors (Lipinski definition) is 6. The molecule has 1 amide bonds. The first kappa shape index (κ1) is 20.8. The molecule has 0 unspecified atom stereocenters. The largest absolute Gasteiger partial charge is 0.286 e. The fraction of sp³-hybridized carbons (Fsp3) is 0.238. The number of thioether (sulfide) groups is 1. The van der Waals surface area contributed by atoms with Crippen molar-refractivity contribution in [2.75, 3.05) is 19.8 Å². The third-order valence-corrected chi connectivity index (χ3v) is 5.49. The number of para-hydroxylation sites is 1. The van der Waals surface area contributed by atoms with E-state index in [1.165, 1.54) is 23.9 Å². The van der Waals surface area contributed by atoms with E-state index < -0.39 is 4.92 Å². The van der Waals surface area contributed by atoms with Crippen LogP contribution in [0.3, 0.4) is 0 Å². The zero-order valence-electron chi connectivity index (χ0n) is 16.3. The number of aliphatic imine (C=N–C) groups is 1. The summed E-state index contributed by atoms with van der Waals surface area (Å²) in [7, 11) is 0. The lowest BCUT2D eigenvalue weighted by atomic mass is 10.2. The van der Waals surface area contributed by atoms with Crippen LogP contribution in [0.1, 0.15) is 19.4 Å². The number of amidine groups is 1. The van der Waals surface area contributed by atoms with Crippen molar-refractivity contribution in [1.29, 1.82) is 0 Å². The van der Waals surface area contributed by atoms with E-state index >= 15 is 0 Å². The molecule has 29 heavy (non-hydrogen) atoms. The molecule has 1 fully saturated rings. The molecule has 0 aromatic heterocycles. The molecule has 2 aromatic carbocycles. The Hall–Kier alpha value is -2.97. The van der Waals surface area contributed by atoms with Crippen LogP contribution in [0.15, 0.2) is 64.5 Å². The van der Waals surface area contributed by atoms with E-state index in [1.807, 2.05) is 44.2 Å². The van der Waals surface area contributed by atoms with E-state index in [2.05, 4.69) is 9.89 Å². The summed E-state index contributed by atoms with van der Waals surface area (Å²) in [4.78, 5) is 32.6. The molecular formula is C21H22N4O3S. The minimum atomic E-state index is -0.444. The van der Waals surface area contributed by atoms with Crippen LogP contribution in [0.2, 0.25) is 0 Å². The van der Waals surface area contributed by atoms with Gasteiger partial charge in [0.1, 0.15) is 0 Å². The maximum Gasteiger partial charge on any atom is 0.270 e. The van der Waals surface area contributed by atoms with Crippen LogP contribution < -0.4 is 0 Å². The van der Waals surface area contributed by atoms with Crippen LogP contribution in [0, 0.1) is 10.1 Å². The van der Waals surface area contributed by atoms with Gasteiger partial charge in [0.15, 0.2) is 5.17 Å². The summed E-state index contributed by atoms with van der Waals surface area (Å²) in [6, 6.07) is 15.7. The van der Waals surface area contributed by atoms with Crippen molar-refractivity contribution in [2.45, 2.75) is 13.8 Å². The van der Waals surface area contributed by atoms with Crippen molar-refractivity contribution < 1.29 is 9.72 Å². The Kier molecular flexibility index (Phi) is 6.79. The van der Waals surface area contributed by atoms with E-state index in [9.17, 15) is 14.9 Å². The number of nitrogens with zero attached hydrogens (tertiary/aromatic N) is 4. The van der Waals surface area contributed by atoms with E-state index in [0.29, 0.717) is 22.3 Å². The molecule has 0 saturated carbocycles. The topological polar surface area (TPSA) is 79.0 Å². The number of benzene rings is 2. The van der Waals surface area contributed by atoms with Gasteiger partial charge >= 0.3 is 0 Å². The maximum absolute atomic E-state index is 13.1. The first-order valence-electron chi connectivity index (χ1n) is 9.33. The summed E-state index contributed by atoms with van der Waals surface area (Å²) >= 11 is 1.28. The van der Waals surface area contributed by atoms with Crippen LogP contribution >= 0.6 is 11.8 Å². The first-order chi connectivity index (χ1) is 14.0. The van der Waals surface area contributed by atoms with E-state index in [0.717, 1.165) is 18.8 Å². The fourth-order valence-electron chi connectivity index (χ4n) is 2.83. The van der Waals surface area contributed by atoms with Crippen molar-refractivity contribution in [3.63, 3.8) is 0 Å². The van der Waals surface area contributed by atoms with Gasteiger partial charge in [-0.1, -0.05) is 44.2 Å². The molecule has 1 saturated heterocycles. The van der Waals surface area contributed by atoms with E-state index in [1.54, 1.807) is 23.1 Å². The summed E-state index contributed by atoms with van der Waals surface area (Å²) in [5.74, 6) is -0.150. The number of rotatable bonds is 7. The molecule has 3 rings (SSSR count). The summed E-state index contributed by atoms with van der Waals surface area (Å²) < 4.78 is 0. The van der Waals surface area contributed by atoms with Crippen LogP contribution in [0.25, 0.3) is 6.08 Å². The predicted molar refractivity (Wildman–Crippen MR) is 117 cm³/mol. The summed E-state index contributed by atoms with van der Waals surface area (Å²) in [6.45, 7) is 6.16. The van der Waals surface area contributed by atoms with Crippen LogP contribution in [0.5, 0.6) is 0 Å². The monoisotopic (exact) mass is 410 g/mol. The number of carbonyl (C=O) groups excluding carboxylic acids is 1. The molecule has 0 N–H and O–H groups in total. The van der Waals surface area contributed by atoms with Gasteiger partial charge in [0.05, 0.1) is 22.2 Å². The highest BCUT2D eigenvalue weighted by molar-refractivity contribution is 8.18. The minimum absolute atomic E-state index is 0.00651. The second kappa shape index (κ2) is 9.49. The van der Waals surface area contributed by atoms with Gasteiger partial charge < -0.3 is 0 Å². The molecule has 2 aromatic rings. The molecule has 0 spiro atoms. The molecule has 8 heteroatoms. The maximum atomic E-state index is 13.1. The zero-order chi connectivity index (χ0) is 20.8. The third-order valence-electron chi connectivity index (χ3n) is 4.48. The number of non-ortho nitro benzene ring substituents is 1. The number of amides is 1. The van der Waals surface area contributed by atoms with Gasteiger partial charge in [-0.15, -0.1) is 0 Å². The van der Waals surface area contributed by atoms with Crippen molar-refractivity contribution in [3.8, 4) is 0 Å². The van der Waals surface area contributed by atoms with Gasteiger partial charge in [-0.3, -0.25) is 24.7 Å². The second-order valence-electron chi connectivity index (χ2n) is 6.37. The van der Waals surface area contributed by atoms with Crippen molar-refractivity contribution in [3.05, 3.63) is 75.2 Å². The Morgan fingerprint density at radius 2 is 1.86 bits per heavy atom. The van der Waals surface area contributed by atoms with Gasteiger partial charge in [0.2, 0.25) is 0 Å². The Morgan fingerprint density at radius 3 is 2.52 bits per heavy atom. The molecule has 0 aliphatic carbocycles. The highest BCUT2D eigenvalue weighted by Gasteiger charge is 2.34. The summed E-state index contributed by atoms with van der Waals surface area (Å²) in [5.41, 5.74) is 1.37. The molecule has 0 atom stereocenters. The van der Waals surface area contributed by atoms with Gasteiger partial charge in [0, 0.05) is 12.1 Å². The Bertz CT molecular complexity index is 955. The first-order valence-corrected chi connectivity index (χ1v) is 10.2. The summed E-state index contributed by atoms with van der Waals surface area (Å²) in [5, 5.41) is 11.6. The lowest BCUT2D eigenvalue weighted by Gasteiger charge is -2.24. The molecule has 0 bridgehead atoms. The number of nitro benzene ring substituents is 1. The van der Waals surface area contributed by atoms with Gasteiger partial charge in [0.25, 0.3) is 11.6 Å². The number of carbonyl (C=O) groups is 1. The predicted octanol–water partition coefficient (Wildman–Crippen LogP) is 4.50. The van der Waals surface area contributed by atoms with Crippen LogP contribution in [-0.2, 0) is 4.79 Å².